The van der Waals surface area contributed by atoms with Crippen LogP contribution in [0, 0.1) is 0 Å². The summed E-state index contributed by atoms with van der Waals surface area (Å²) < 4.78 is 6.17. The van der Waals surface area contributed by atoms with Crippen LogP contribution in [-0.4, -0.2) is 16.9 Å². The van der Waals surface area contributed by atoms with Crippen molar-refractivity contribution in [1.82, 2.24) is 4.98 Å². The predicted molar refractivity (Wildman–Crippen MR) is 129 cm³/mol. The SMILES string of the molecule is O=C(C=Cc1ccc2nc(Br)ccc2c1)Nc1ccccc1C(=O)OCc1ccccc1. The van der Waals surface area contributed by atoms with E-state index >= 15 is 0 Å². The van der Waals surface area contributed by atoms with E-state index in [1.807, 2.05) is 60.7 Å². The fourth-order valence-electron chi connectivity index (χ4n) is 3.14. The molecule has 0 saturated carbocycles. The zero-order valence-corrected chi connectivity index (χ0v) is 18.6. The van der Waals surface area contributed by atoms with E-state index in [2.05, 4.69) is 26.2 Å². The highest BCUT2D eigenvalue weighted by Crippen LogP contribution is 2.19. The summed E-state index contributed by atoms with van der Waals surface area (Å²) in [6.07, 6.45) is 3.15. The number of rotatable bonds is 6. The van der Waals surface area contributed by atoms with Crippen molar-refractivity contribution in [3.8, 4) is 0 Å². The molecule has 6 heteroatoms. The van der Waals surface area contributed by atoms with Crippen molar-refractivity contribution in [3.63, 3.8) is 0 Å². The first-order valence-electron chi connectivity index (χ1n) is 9.94. The topological polar surface area (TPSA) is 68.3 Å². The van der Waals surface area contributed by atoms with E-state index in [0.717, 1.165) is 26.6 Å². The maximum Gasteiger partial charge on any atom is 0.340 e. The number of halogens is 1. The van der Waals surface area contributed by atoms with Gasteiger partial charge < -0.3 is 10.1 Å². The van der Waals surface area contributed by atoms with Crippen molar-refractivity contribution in [3.05, 3.63) is 112 Å². The number of nitrogens with zero attached hydrogens (tertiary/aromatic N) is 1. The number of para-hydroxylation sites is 1. The molecule has 1 aromatic heterocycles. The van der Waals surface area contributed by atoms with Crippen LogP contribution < -0.4 is 5.32 Å². The highest BCUT2D eigenvalue weighted by atomic mass is 79.9. The summed E-state index contributed by atoms with van der Waals surface area (Å²) >= 11 is 3.36. The zero-order chi connectivity index (χ0) is 22.3. The molecule has 32 heavy (non-hydrogen) atoms. The molecule has 0 saturated heterocycles. The Bertz CT molecular complexity index is 1300. The second-order valence-corrected chi connectivity index (χ2v) is 7.83. The van der Waals surface area contributed by atoms with E-state index in [4.69, 9.17) is 4.74 Å². The van der Waals surface area contributed by atoms with Gasteiger partial charge in [-0.25, -0.2) is 9.78 Å². The number of ether oxygens (including phenoxy) is 1. The van der Waals surface area contributed by atoms with Gasteiger partial charge in [-0.1, -0.05) is 54.6 Å². The third-order valence-corrected chi connectivity index (χ3v) is 5.17. The Labute approximate surface area is 193 Å². The molecule has 5 nitrogen and oxygen atoms in total. The molecule has 0 atom stereocenters. The second kappa shape index (κ2) is 10.0. The quantitative estimate of drug-likeness (QED) is 0.206. The van der Waals surface area contributed by atoms with E-state index in [9.17, 15) is 9.59 Å². The summed E-state index contributed by atoms with van der Waals surface area (Å²) in [4.78, 5) is 29.4. The fourth-order valence-corrected chi connectivity index (χ4v) is 3.46. The van der Waals surface area contributed by atoms with Crippen LogP contribution >= 0.6 is 15.9 Å². The number of hydrogen-bond acceptors (Lipinski definition) is 4. The van der Waals surface area contributed by atoms with Gasteiger partial charge in [-0.15, -0.1) is 0 Å². The Morgan fingerprint density at radius 1 is 0.938 bits per heavy atom. The van der Waals surface area contributed by atoms with Crippen molar-refractivity contribution in [2.45, 2.75) is 6.61 Å². The van der Waals surface area contributed by atoms with Gasteiger partial charge in [-0.3, -0.25) is 4.79 Å². The molecule has 158 valence electrons. The number of pyridine rings is 1. The van der Waals surface area contributed by atoms with Crippen LogP contribution in [-0.2, 0) is 16.1 Å². The number of anilines is 1. The number of benzene rings is 3. The number of nitrogens with one attached hydrogen (secondary N) is 1. The molecule has 0 bridgehead atoms. The summed E-state index contributed by atoms with van der Waals surface area (Å²) in [5, 5.41) is 3.73. The lowest BCUT2D eigenvalue weighted by Crippen LogP contribution is -2.13. The van der Waals surface area contributed by atoms with Gasteiger partial charge in [0.2, 0.25) is 5.91 Å². The van der Waals surface area contributed by atoms with E-state index in [-0.39, 0.29) is 12.5 Å². The number of carbonyl (C=O) groups excluding carboxylic acids is 2. The minimum Gasteiger partial charge on any atom is -0.457 e. The average Bonchev–Trinajstić information content (AvgIpc) is 2.82. The van der Waals surface area contributed by atoms with E-state index in [1.54, 1.807) is 30.3 Å². The van der Waals surface area contributed by atoms with Gasteiger partial charge in [0.15, 0.2) is 0 Å². The standard InChI is InChI=1S/C26H19BrN2O3/c27-24-14-12-20-16-18(10-13-22(20)28-24)11-15-25(30)29-23-9-5-4-8-21(23)26(31)32-17-19-6-2-1-3-7-19/h1-16H,17H2,(H,29,30). The van der Waals surface area contributed by atoms with Crippen LogP contribution in [0.4, 0.5) is 5.69 Å². The number of carbonyl (C=O) groups is 2. The third-order valence-electron chi connectivity index (χ3n) is 4.72. The summed E-state index contributed by atoms with van der Waals surface area (Å²) in [7, 11) is 0. The first-order valence-corrected chi connectivity index (χ1v) is 10.7. The van der Waals surface area contributed by atoms with E-state index in [0.29, 0.717) is 11.3 Å². The Kier molecular flexibility index (Phi) is 6.72. The van der Waals surface area contributed by atoms with Crippen LogP contribution in [0.15, 0.2) is 95.6 Å². The first kappa shape index (κ1) is 21.5. The van der Waals surface area contributed by atoms with Crippen molar-refractivity contribution >= 4 is 50.5 Å². The van der Waals surface area contributed by atoms with Crippen molar-refractivity contribution in [1.29, 1.82) is 0 Å². The van der Waals surface area contributed by atoms with Gasteiger partial charge in [-0.05, 0) is 63.5 Å². The normalized spacial score (nSPS) is 10.9. The highest BCUT2D eigenvalue weighted by molar-refractivity contribution is 9.10. The molecule has 4 aromatic rings. The number of esters is 1. The lowest BCUT2D eigenvalue weighted by Gasteiger charge is -2.10. The Hall–Kier alpha value is -3.77. The summed E-state index contributed by atoms with van der Waals surface area (Å²) in [6.45, 7) is 0.162. The Morgan fingerprint density at radius 3 is 2.56 bits per heavy atom. The molecule has 0 aliphatic rings. The van der Waals surface area contributed by atoms with Gasteiger partial charge in [0.05, 0.1) is 16.8 Å². The molecule has 1 amide bonds. The molecule has 0 aliphatic carbocycles. The first-order chi connectivity index (χ1) is 15.6. The molecule has 0 unspecified atom stereocenters. The number of fused-ring (bicyclic) bond motifs is 1. The van der Waals surface area contributed by atoms with Gasteiger partial charge in [-0.2, -0.15) is 0 Å². The van der Waals surface area contributed by atoms with Gasteiger partial charge >= 0.3 is 5.97 Å². The molecular weight excluding hydrogens is 468 g/mol. The largest absolute Gasteiger partial charge is 0.457 e. The summed E-state index contributed by atoms with van der Waals surface area (Å²) in [6, 6.07) is 25.8. The Balaban J connectivity index is 1.43. The molecule has 4 rings (SSSR count). The highest BCUT2D eigenvalue weighted by Gasteiger charge is 2.13. The minimum absolute atomic E-state index is 0.162. The molecule has 0 spiro atoms. The third kappa shape index (κ3) is 5.47. The number of hydrogen-bond donors (Lipinski definition) is 1. The fraction of sp³-hybridized carbons (Fsp3) is 0.0385. The second-order valence-electron chi connectivity index (χ2n) is 7.02. The van der Waals surface area contributed by atoms with Gasteiger partial charge in [0.1, 0.15) is 11.2 Å². The average molecular weight is 487 g/mol. The summed E-state index contributed by atoms with van der Waals surface area (Å²) in [5.41, 5.74) is 3.32. The lowest BCUT2D eigenvalue weighted by atomic mass is 10.1. The van der Waals surface area contributed by atoms with Crippen LogP contribution in [0.5, 0.6) is 0 Å². The molecule has 0 radical (unpaired) electrons. The molecule has 1 heterocycles. The van der Waals surface area contributed by atoms with Gasteiger partial charge in [0.25, 0.3) is 0 Å². The monoisotopic (exact) mass is 486 g/mol. The smallest absolute Gasteiger partial charge is 0.340 e. The van der Waals surface area contributed by atoms with Crippen LogP contribution in [0.1, 0.15) is 21.5 Å². The molecule has 1 N–H and O–H groups in total. The van der Waals surface area contributed by atoms with Crippen LogP contribution in [0.3, 0.4) is 0 Å². The van der Waals surface area contributed by atoms with Crippen molar-refractivity contribution in [2.75, 3.05) is 5.32 Å². The lowest BCUT2D eigenvalue weighted by molar-refractivity contribution is -0.111. The number of amides is 1. The van der Waals surface area contributed by atoms with Crippen molar-refractivity contribution < 1.29 is 14.3 Å². The van der Waals surface area contributed by atoms with Gasteiger partial charge in [0, 0.05) is 11.5 Å². The van der Waals surface area contributed by atoms with Crippen molar-refractivity contribution in [2.24, 2.45) is 0 Å². The molecular formula is C26H19BrN2O3. The van der Waals surface area contributed by atoms with Crippen LogP contribution in [0.25, 0.3) is 17.0 Å². The zero-order valence-electron chi connectivity index (χ0n) is 17.0. The minimum atomic E-state index is -0.498. The Morgan fingerprint density at radius 2 is 1.72 bits per heavy atom. The van der Waals surface area contributed by atoms with E-state index < -0.39 is 5.97 Å². The molecule has 3 aromatic carbocycles. The predicted octanol–water partition coefficient (Wildman–Crippen LogP) is 6.01. The summed E-state index contributed by atoms with van der Waals surface area (Å²) in [5.74, 6) is -0.843. The number of aromatic nitrogens is 1. The van der Waals surface area contributed by atoms with Crippen LogP contribution in [0.2, 0.25) is 0 Å². The molecule has 0 aliphatic heterocycles. The molecule has 0 fully saturated rings. The maximum atomic E-state index is 12.5. The van der Waals surface area contributed by atoms with E-state index in [1.165, 1.54) is 6.08 Å². The maximum absolute atomic E-state index is 12.5.